The Hall–Kier alpha value is -1.55. The third-order valence-corrected chi connectivity index (χ3v) is 4.99. The quantitative estimate of drug-likeness (QED) is 0.181. The molecule has 1 fully saturated rings. The Kier molecular flexibility index (Phi) is 12.0. The summed E-state index contributed by atoms with van der Waals surface area (Å²) in [5.74, 6) is 1.45. The topological polar surface area (TPSA) is 84.0 Å². The minimum absolute atomic E-state index is 0. The van der Waals surface area contributed by atoms with E-state index >= 15 is 0 Å². The van der Waals surface area contributed by atoms with Crippen LogP contribution in [0.4, 0.5) is 5.69 Å². The van der Waals surface area contributed by atoms with Gasteiger partial charge in [0.1, 0.15) is 12.4 Å². The van der Waals surface area contributed by atoms with Gasteiger partial charge in [-0.25, -0.2) is 0 Å². The standard InChI is InChI=1S/C21H34N4O3.HI/c1-4-22-20(24-16-21(9-6-10-21)11-13-27-3)23-12-14-28-19-8-5-7-18(15-19)25-17(2)26;/h5,7-8,15H,4,6,9-14,16H2,1-3H3,(H,25,26)(H2,22,23,24);1H. The number of guanidine groups is 1. The molecule has 7 nitrogen and oxygen atoms in total. The molecule has 29 heavy (non-hydrogen) atoms. The average Bonchev–Trinajstić information content (AvgIpc) is 2.63. The number of amides is 1. The molecule has 1 aromatic rings. The van der Waals surface area contributed by atoms with Gasteiger partial charge < -0.3 is 25.4 Å². The molecule has 1 aliphatic rings. The fourth-order valence-electron chi connectivity index (χ4n) is 3.28. The van der Waals surface area contributed by atoms with E-state index in [1.807, 2.05) is 24.3 Å². The maximum absolute atomic E-state index is 11.1. The number of nitrogens with zero attached hydrogens (tertiary/aromatic N) is 1. The zero-order valence-corrected chi connectivity index (χ0v) is 20.1. The fourth-order valence-corrected chi connectivity index (χ4v) is 3.28. The lowest BCUT2D eigenvalue weighted by molar-refractivity contribution is -0.114. The minimum atomic E-state index is -0.0972. The van der Waals surface area contributed by atoms with Crippen LogP contribution in [0.5, 0.6) is 5.75 Å². The molecule has 1 aromatic carbocycles. The molecular weight excluding hydrogens is 483 g/mol. The molecule has 8 heteroatoms. The van der Waals surface area contributed by atoms with Crippen molar-refractivity contribution >= 4 is 41.5 Å². The number of aliphatic imine (C=N–C) groups is 1. The van der Waals surface area contributed by atoms with Crippen LogP contribution in [0.25, 0.3) is 0 Å². The first-order valence-electron chi connectivity index (χ1n) is 10.1. The highest BCUT2D eigenvalue weighted by molar-refractivity contribution is 14.0. The molecule has 0 bridgehead atoms. The van der Waals surface area contributed by atoms with Crippen molar-refractivity contribution in [3.05, 3.63) is 24.3 Å². The van der Waals surface area contributed by atoms with E-state index in [4.69, 9.17) is 14.5 Å². The summed E-state index contributed by atoms with van der Waals surface area (Å²) in [6.07, 6.45) is 4.81. The Morgan fingerprint density at radius 2 is 2.03 bits per heavy atom. The minimum Gasteiger partial charge on any atom is -0.492 e. The predicted molar refractivity (Wildman–Crippen MR) is 128 cm³/mol. The predicted octanol–water partition coefficient (Wildman–Crippen LogP) is 3.40. The number of rotatable bonds is 11. The van der Waals surface area contributed by atoms with Gasteiger partial charge in [-0.1, -0.05) is 12.5 Å². The van der Waals surface area contributed by atoms with Gasteiger partial charge in [0, 0.05) is 45.5 Å². The number of hydrogen-bond acceptors (Lipinski definition) is 4. The molecule has 0 radical (unpaired) electrons. The van der Waals surface area contributed by atoms with Crippen molar-refractivity contribution in [2.75, 3.05) is 45.3 Å². The van der Waals surface area contributed by atoms with Crippen molar-refractivity contribution in [2.45, 2.75) is 39.5 Å². The molecule has 2 rings (SSSR count). The van der Waals surface area contributed by atoms with Crippen LogP contribution in [-0.4, -0.2) is 51.8 Å². The van der Waals surface area contributed by atoms with Gasteiger partial charge >= 0.3 is 0 Å². The lowest BCUT2D eigenvalue weighted by Gasteiger charge is -2.40. The number of methoxy groups -OCH3 is 1. The monoisotopic (exact) mass is 518 g/mol. The molecule has 0 spiro atoms. The summed E-state index contributed by atoms with van der Waals surface area (Å²) in [5, 5.41) is 9.38. The van der Waals surface area contributed by atoms with Crippen LogP contribution < -0.4 is 20.7 Å². The second kappa shape index (κ2) is 13.6. The van der Waals surface area contributed by atoms with Gasteiger partial charge in [-0.05, 0) is 43.7 Å². The van der Waals surface area contributed by atoms with Gasteiger partial charge in [0.15, 0.2) is 5.96 Å². The molecule has 3 N–H and O–H groups in total. The number of carbonyl (C=O) groups is 1. The summed E-state index contributed by atoms with van der Waals surface area (Å²) in [6, 6.07) is 7.39. The van der Waals surface area contributed by atoms with Crippen LogP contribution in [-0.2, 0) is 9.53 Å². The molecule has 0 heterocycles. The van der Waals surface area contributed by atoms with Crippen molar-refractivity contribution in [1.82, 2.24) is 10.6 Å². The molecule has 1 saturated carbocycles. The number of carbonyl (C=O) groups excluding carboxylic acids is 1. The van der Waals surface area contributed by atoms with Crippen LogP contribution in [0, 0.1) is 5.41 Å². The number of benzene rings is 1. The molecule has 0 atom stereocenters. The molecule has 0 aliphatic heterocycles. The van der Waals surface area contributed by atoms with Gasteiger partial charge in [0.2, 0.25) is 5.91 Å². The highest BCUT2D eigenvalue weighted by Crippen LogP contribution is 2.44. The van der Waals surface area contributed by atoms with Gasteiger partial charge in [-0.15, -0.1) is 24.0 Å². The lowest BCUT2D eigenvalue weighted by atomic mass is 9.67. The van der Waals surface area contributed by atoms with E-state index in [-0.39, 0.29) is 29.9 Å². The lowest BCUT2D eigenvalue weighted by Crippen LogP contribution is -2.41. The van der Waals surface area contributed by atoms with Gasteiger partial charge in [0.25, 0.3) is 0 Å². The molecule has 1 amide bonds. The molecule has 0 unspecified atom stereocenters. The Bertz CT molecular complexity index is 651. The number of ether oxygens (including phenoxy) is 2. The van der Waals surface area contributed by atoms with E-state index in [2.05, 4.69) is 22.9 Å². The molecular formula is C21H35IN4O3. The van der Waals surface area contributed by atoms with E-state index in [1.54, 1.807) is 7.11 Å². The summed E-state index contributed by atoms with van der Waals surface area (Å²) in [4.78, 5) is 15.9. The Morgan fingerprint density at radius 1 is 1.24 bits per heavy atom. The third kappa shape index (κ3) is 9.20. The summed E-state index contributed by atoms with van der Waals surface area (Å²) in [7, 11) is 1.76. The SMILES string of the molecule is CCNC(=NCC1(CCOC)CCC1)NCCOc1cccc(NC(C)=O)c1.I. The average molecular weight is 518 g/mol. The van der Waals surface area contributed by atoms with Crippen LogP contribution >= 0.6 is 24.0 Å². The van der Waals surface area contributed by atoms with Crippen LogP contribution in [0.1, 0.15) is 39.5 Å². The second-order valence-corrected chi connectivity index (χ2v) is 7.28. The number of anilines is 1. The second-order valence-electron chi connectivity index (χ2n) is 7.28. The Morgan fingerprint density at radius 3 is 2.66 bits per heavy atom. The summed E-state index contributed by atoms with van der Waals surface area (Å²) < 4.78 is 11.0. The van der Waals surface area contributed by atoms with Crippen molar-refractivity contribution in [3.63, 3.8) is 0 Å². The van der Waals surface area contributed by atoms with E-state index in [9.17, 15) is 4.79 Å². The fraction of sp³-hybridized carbons (Fsp3) is 0.619. The van der Waals surface area contributed by atoms with Crippen LogP contribution in [0.2, 0.25) is 0 Å². The highest BCUT2D eigenvalue weighted by Gasteiger charge is 2.36. The Labute approximate surface area is 191 Å². The number of halogens is 1. The van der Waals surface area contributed by atoms with E-state index < -0.39 is 0 Å². The normalized spacial score (nSPS) is 14.9. The van der Waals surface area contributed by atoms with E-state index in [1.165, 1.54) is 26.2 Å². The smallest absolute Gasteiger partial charge is 0.221 e. The van der Waals surface area contributed by atoms with Crippen molar-refractivity contribution < 1.29 is 14.3 Å². The summed E-state index contributed by atoms with van der Waals surface area (Å²) in [5.41, 5.74) is 1.04. The Balaban J connectivity index is 0.00000420. The molecule has 0 aromatic heterocycles. The van der Waals surface area contributed by atoms with Gasteiger partial charge in [-0.3, -0.25) is 9.79 Å². The van der Waals surface area contributed by atoms with Crippen LogP contribution in [0.15, 0.2) is 29.3 Å². The molecule has 0 saturated heterocycles. The summed E-state index contributed by atoms with van der Waals surface area (Å²) in [6.45, 7) is 7.13. The van der Waals surface area contributed by atoms with E-state index in [0.717, 1.165) is 43.5 Å². The van der Waals surface area contributed by atoms with Crippen LogP contribution in [0.3, 0.4) is 0 Å². The molecule has 1 aliphatic carbocycles. The maximum atomic E-state index is 11.1. The van der Waals surface area contributed by atoms with Crippen molar-refractivity contribution in [3.8, 4) is 5.75 Å². The number of nitrogens with one attached hydrogen (secondary N) is 3. The first-order chi connectivity index (χ1) is 13.6. The summed E-state index contributed by atoms with van der Waals surface area (Å²) >= 11 is 0. The number of hydrogen-bond donors (Lipinski definition) is 3. The largest absolute Gasteiger partial charge is 0.492 e. The molecule has 164 valence electrons. The zero-order valence-electron chi connectivity index (χ0n) is 17.8. The third-order valence-electron chi connectivity index (χ3n) is 4.99. The van der Waals surface area contributed by atoms with Crippen molar-refractivity contribution in [2.24, 2.45) is 10.4 Å². The van der Waals surface area contributed by atoms with Gasteiger partial charge in [0.05, 0.1) is 6.54 Å². The maximum Gasteiger partial charge on any atom is 0.221 e. The van der Waals surface area contributed by atoms with E-state index in [0.29, 0.717) is 18.6 Å². The first kappa shape index (κ1) is 25.5. The zero-order chi connectivity index (χ0) is 20.2. The first-order valence-corrected chi connectivity index (χ1v) is 10.1. The van der Waals surface area contributed by atoms with Gasteiger partial charge in [-0.2, -0.15) is 0 Å². The van der Waals surface area contributed by atoms with Crippen molar-refractivity contribution in [1.29, 1.82) is 0 Å². The highest BCUT2D eigenvalue weighted by atomic mass is 127.